The number of hydrogen-bond acceptors (Lipinski definition) is 3. The molecular formula is C11H15FN2O2S. The maximum absolute atomic E-state index is 13.1. The highest BCUT2D eigenvalue weighted by Gasteiger charge is 2.30. The Morgan fingerprint density at radius 3 is 2.88 bits per heavy atom. The molecule has 1 fully saturated rings. The normalized spacial score (nSPS) is 22.6. The summed E-state index contributed by atoms with van der Waals surface area (Å²) in [4.78, 5) is 0.0197. The summed E-state index contributed by atoms with van der Waals surface area (Å²) in [5.41, 5.74) is 0. The summed E-state index contributed by atoms with van der Waals surface area (Å²) in [7, 11) is -3.58. The van der Waals surface area contributed by atoms with E-state index in [1.54, 1.807) is 0 Å². The first-order valence-electron chi connectivity index (χ1n) is 5.50. The molecule has 1 N–H and O–H groups in total. The lowest BCUT2D eigenvalue weighted by Crippen LogP contribution is -2.52. The van der Waals surface area contributed by atoms with Crippen molar-refractivity contribution in [1.82, 2.24) is 9.62 Å². The number of benzene rings is 1. The van der Waals surface area contributed by atoms with Crippen molar-refractivity contribution in [3.63, 3.8) is 0 Å². The zero-order valence-corrected chi connectivity index (χ0v) is 10.4. The van der Waals surface area contributed by atoms with Crippen LogP contribution >= 0.6 is 0 Å². The van der Waals surface area contributed by atoms with Crippen LogP contribution in [0.2, 0.25) is 0 Å². The van der Waals surface area contributed by atoms with Gasteiger partial charge in [-0.1, -0.05) is 6.07 Å². The smallest absolute Gasteiger partial charge is 0.243 e. The molecule has 17 heavy (non-hydrogen) atoms. The van der Waals surface area contributed by atoms with Crippen molar-refractivity contribution < 1.29 is 12.8 Å². The second-order valence-electron chi connectivity index (χ2n) is 4.13. The van der Waals surface area contributed by atoms with E-state index >= 15 is 0 Å². The van der Waals surface area contributed by atoms with Gasteiger partial charge in [-0.05, 0) is 25.1 Å². The molecule has 6 heteroatoms. The lowest BCUT2D eigenvalue weighted by atomic mass is 10.3. The number of sulfonamides is 1. The lowest BCUT2D eigenvalue weighted by Gasteiger charge is -2.32. The minimum atomic E-state index is -3.58. The van der Waals surface area contributed by atoms with Crippen LogP contribution in [0.5, 0.6) is 0 Å². The van der Waals surface area contributed by atoms with Gasteiger partial charge in [-0.3, -0.25) is 0 Å². The summed E-state index contributed by atoms with van der Waals surface area (Å²) in [5.74, 6) is -0.533. The molecule has 1 unspecified atom stereocenters. The summed E-state index contributed by atoms with van der Waals surface area (Å²) >= 11 is 0. The van der Waals surface area contributed by atoms with E-state index in [0.717, 1.165) is 6.07 Å². The first kappa shape index (κ1) is 12.5. The van der Waals surface area contributed by atoms with Crippen LogP contribution in [0.1, 0.15) is 6.92 Å². The molecule has 0 radical (unpaired) electrons. The maximum Gasteiger partial charge on any atom is 0.243 e. The van der Waals surface area contributed by atoms with Gasteiger partial charge < -0.3 is 5.32 Å². The minimum absolute atomic E-state index is 0.0197. The first-order valence-corrected chi connectivity index (χ1v) is 6.94. The van der Waals surface area contributed by atoms with E-state index in [0.29, 0.717) is 19.6 Å². The van der Waals surface area contributed by atoms with Gasteiger partial charge in [0.1, 0.15) is 5.82 Å². The van der Waals surface area contributed by atoms with Gasteiger partial charge in [0.25, 0.3) is 0 Å². The molecule has 1 heterocycles. The summed E-state index contributed by atoms with van der Waals surface area (Å²) < 4.78 is 39.0. The molecule has 1 aromatic rings. The van der Waals surface area contributed by atoms with Gasteiger partial charge in [-0.25, -0.2) is 12.8 Å². The van der Waals surface area contributed by atoms with Crippen LogP contribution in [0.3, 0.4) is 0 Å². The van der Waals surface area contributed by atoms with Crippen LogP contribution in [0.25, 0.3) is 0 Å². The average molecular weight is 258 g/mol. The van der Waals surface area contributed by atoms with Gasteiger partial charge >= 0.3 is 0 Å². The van der Waals surface area contributed by atoms with Gasteiger partial charge in [0.15, 0.2) is 0 Å². The predicted molar refractivity (Wildman–Crippen MR) is 62.6 cm³/mol. The molecule has 0 aromatic heterocycles. The van der Waals surface area contributed by atoms with Crippen LogP contribution in [0.4, 0.5) is 4.39 Å². The highest BCUT2D eigenvalue weighted by Crippen LogP contribution is 2.19. The number of nitrogens with zero attached hydrogens (tertiary/aromatic N) is 1. The molecular weight excluding hydrogens is 243 g/mol. The third-order valence-corrected chi connectivity index (χ3v) is 4.85. The fourth-order valence-electron chi connectivity index (χ4n) is 1.94. The first-order chi connectivity index (χ1) is 8.01. The largest absolute Gasteiger partial charge is 0.314 e. The van der Waals surface area contributed by atoms with E-state index in [1.165, 1.54) is 22.5 Å². The van der Waals surface area contributed by atoms with Gasteiger partial charge in [0.2, 0.25) is 10.0 Å². The van der Waals surface area contributed by atoms with Crippen molar-refractivity contribution in [2.24, 2.45) is 0 Å². The maximum atomic E-state index is 13.1. The number of piperazine rings is 1. The van der Waals surface area contributed by atoms with Crippen molar-refractivity contribution in [3.05, 3.63) is 30.1 Å². The molecule has 94 valence electrons. The van der Waals surface area contributed by atoms with Crippen LogP contribution in [-0.4, -0.2) is 38.4 Å². The molecule has 1 atom stereocenters. The molecule has 0 amide bonds. The van der Waals surface area contributed by atoms with Gasteiger partial charge in [0.05, 0.1) is 4.90 Å². The van der Waals surface area contributed by atoms with E-state index in [4.69, 9.17) is 0 Å². The Bertz CT molecular complexity index is 504. The molecule has 0 bridgehead atoms. The van der Waals surface area contributed by atoms with Crippen molar-refractivity contribution in [1.29, 1.82) is 0 Å². The monoisotopic (exact) mass is 258 g/mol. The summed E-state index contributed by atoms with van der Waals surface area (Å²) in [6, 6.07) is 5.02. The fraction of sp³-hybridized carbons (Fsp3) is 0.455. The van der Waals surface area contributed by atoms with Crippen LogP contribution in [0.15, 0.2) is 29.2 Å². The third-order valence-electron chi connectivity index (χ3n) is 2.84. The highest BCUT2D eigenvalue weighted by atomic mass is 32.2. The summed E-state index contributed by atoms with van der Waals surface area (Å²) in [6.45, 7) is 3.50. The van der Waals surface area contributed by atoms with Crippen molar-refractivity contribution in [2.45, 2.75) is 17.9 Å². The molecule has 1 aromatic carbocycles. The lowest BCUT2D eigenvalue weighted by molar-refractivity contribution is 0.284. The summed E-state index contributed by atoms with van der Waals surface area (Å²) in [5, 5.41) is 3.12. The predicted octanol–water partition coefficient (Wildman–Crippen LogP) is 0.808. The molecule has 0 spiro atoms. The van der Waals surface area contributed by atoms with Gasteiger partial charge in [-0.15, -0.1) is 0 Å². The summed E-state index contributed by atoms with van der Waals surface area (Å²) in [6.07, 6.45) is 0. The Labute approximate surface area is 100 Å². The van der Waals surface area contributed by atoms with Gasteiger partial charge in [0, 0.05) is 25.7 Å². The average Bonchev–Trinajstić information content (AvgIpc) is 2.29. The Morgan fingerprint density at radius 1 is 1.47 bits per heavy atom. The zero-order chi connectivity index (χ0) is 12.5. The van der Waals surface area contributed by atoms with E-state index in [-0.39, 0.29) is 10.9 Å². The molecule has 4 nitrogen and oxygen atoms in total. The standard InChI is InChI=1S/C11H15FN2O2S/c1-9-8-13-5-6-14(9)17(15,16)11-4-2-3-10(12)7-11/h2-4,7,9,13H,5-6,8H2,1H3. The Hall–Kier alpha value is -0.980. The van der Waals surface area contributed by atoms with Crippen LogP contribution in [0, 0.1) is 5.82 Å². The van der Waals surface area contributed by atoms with E-state index < -0.39 is 15.8 Å². The fourth-order valence-corrected chi connectivity index (χ4v) is 3.61. The molecule has 0 aliphatic carbocycles. The van der Waals surface area contributed by atoms with Gasteiger partial charge in [-0.2, -0.15) is 4.31 Å². The number of nitrogens with one attached hydrogen (secondary N) is 1. The van der Waals surface area contributed by atoms with E-state index in [2.05, 4.69) is 5.32 Å². The Morgan fingerprint density at radius 2 is 2.24 bits per heavy atom. The van der Waals surface area contributed by atoms with Crippen molar-refractivity contribution >= 4 is 10.0 Å². The second kappa shape index (κ2) is 4.72. The Kier molecular flexibility index (Phi) is 3.46. The molecule has 1 aliphatic heterocycles. The number of halogens is 1. The van der Waals surface area contributed by atoms with Crippen molar-refractivity contribution in [2.75, 3.05) is 19.6 Å². The quantitative estimate of drug-likeness (QED) is 0.854. The third kappa shape index (κ3) is 2.48. The molecule has 1 aliphatic rings. The van der Waals surface area contributed by atoms with E-state index in [9.17, 15) is 12.8 Å². The molecule has 2 rings (SSSR count). The number of hydrogen-bond donors (Lipinski definition) is 1. The molecule has 1 saturated heterocycles. The Balaban J connectivity index is 2.35. The zero-order valence-electron chi connectivity index (χ0n) is 9.56. The highest BCUT2D eigenvalue weighted by molar-refractivity contribution is 7.89. The topological polar surface area (TPSA) is 49.4 Å². The second-order valence-corrected chi connectivity index (χ2v) is 6.02. The van der Waals surface area contributed by atoms with E-state index in [1.807, 2.05) is 6.92 Å². The minimum Gasteiger partial charge on any atom is -0.314 e. The van der Waals surface area contributed by atoms with Crippen LogP contribution in [-0.2, 0) is 10.0 Å². The van der Waals surface area contributed by atoms with Crippen molar-refractivity contribution in [3.8, 4) is 0 Å². The SMILES string of the molecule is CC1CNCCN1S(=O)(=O)c1cccc(F)c1. The number of rotatable bonds is 2. The molecule has 0 saturated carbocycles. The van der Waals surface area contributed by atoms with Crippen LogP contribution < -0.4 is 5.32 Å².